The zero-order valence-electron chi connectivity index (χ0n) is 7.40. The molecule has 1 aromatic heterocycles. The largest absolute Gasteiger partial charge is 0.288 e. The van der Waals surface area contributed by atoms with Crippen molar-refractivity contribution < 1.29 is 4.92 Å². The number of nitrogens with zero attached hydrogens (tertiary/aromatic N) is 3. The average Bonchev–Trinajstić information content (AvgIpc) is 2.20. The second-order valence-corrected chi connectivity index (χ2v) is 2.78. The van der Waals surface area contributed by atoms with Gasteiger partial charge in [-0.2, -0.15) is 5.26 Å². The first-order valence-electron chi connectivity index (χ1n) is 3.81. The predicted octanol–water partition coefficient (Wildman–Crippen LogP) is 1.91. The summed E-state index contributed by atoms with van der Waals surface area (Å²) in [5, 5.41) is 18.8. The van der Waals surface area contributed by atoms with Crippen molar-refractivity contribution >= 4 is 17.3 Å². The maximum atomic E-state index is 10.4. The fourth-order valence-corrected chi connectivity index (χ4v) is 0.954. The van der Waals surface area contributed by atoms with E-state index in [1.54, 1.807) is 0 Å². The van der Waals surface area contributed by atoms with E-state index in [0.717, 1.165) is 6.20 Å². The Hall–Kier alpha value is -2.11. The molecule has 15 heavy (non-hydrogen) atoms. The molecule has 1 aromatic rings. The smallest absolute Gasteiger partial charge is 0.258 e. The summed E-state index contributed by atoms with van der Waals surface area (Å²) >= 11 is 5.66. The highest BCUT2D eigenvalue weighted by molar-refractivity contribution is 6.30. The minimum absolute atomic E-state index is 0.0407. The summed E-state index contributed by atoms with van der Waals surface area (Å²) < 4.78 is 0. The number of nitro groups is 1. The van der Waals surface area contributed by atoms with E-state index in [1.165, 1.54) is 6.07 Å². The average molecular weight is 222 g/mol. The molecule has 0 amide bonds. The molecule has 0 saturated carbocycles. The summed E-state index contributed by atoms with van der Waals surface area (Å²) in [7, 11) is 0. The van der Waals surface area contributed by atoms with Crippen molar-refractivity contribution in [1.29, 1.82) is 5.26 Å². The van der Waals surface area contributed by atoms with E-state index in [0.29, 0.717) is 0 Å². The van der Waals surface area contributed by atoms with Gasteiger partial charge in [-0.15, -0.1) is 0 Å². The molecule has 0 atom stereocenters. The molecule has 0 aliphatic carbocycles. The second-order valence-electron chi connectivity index (χ2n) is 2.43. The fourth-order valence-electron chi connectivity index (χ4n) is 0.804. The first-order chi connectivity index (χ1) is 7.15. The van der Waals surface area contributed by atoms with Crippen LogP contribution in [-0.4, -0.2) is 9.91 Å². The molecule has 0 spiro atoms. The van der Waals surface area contributed by atoms with Crippen LogP contribution < -0.4 is 0 Å². The van der Waals surface area contributed by atoms with Gasteiger partial charge in [0, 0.05) is 6.07 Å². The summed E-state index contributed by atoms with van der Waals surface area (Å²) in [6.07, 6.45) is 1.09. The Balaban J connectivity index is 3.08. The Bertz CT molecular complexity index is 496. The highest BCUT2D eigenvalue weighted by Crippen LogP contribution is 2.17. The van der Waals surface area contributed by atoms with Gasteiger partial charge >= 0.3 is 0 Å². The topological polar surface area (TPSA) is 79.8 Å². The standard InChI is InChI=1S/C9H4ClN3O2/c10-9-7(3-1-2-4-11)5-8(6-12-9)13(14)15/h5-6H,2H2. The minimum atomic E-state index is -0.585. The first-order valence-corrected chi connectivity index (χ1v) is 4.18. The van der Waals surface area contributed by atoms with E-state index >= 15 is 0 Å². The Morgan fingerprint density at radius 1 is 1.67 bits per heavy atom. The van der Waals surface area contributed by atoms with Crippen LogP contribution in [0.4, 0.5) is 5.69 Å². The van der Waals surface area contributed by atoms with Gasteiger partial charge in [-0.05, 0) is 0 Å². The van der Waals surface area contributed by atoms with E-state index in [1.807, 2.05) is 6.07 Å². The molecule has 0 aliphatic rings. The number of halogens is 1. The van der Waals surface area contributed by atoms with Crippen LogP contribution in [0.2, 0.25) is 5.15 Å². The molecule has 1 rings (SSSR count). The predicted molar refractivity (Wildman–Crippen MR) is 53.0 cm³/mol. The van der Waals surface area contributed by atoms with E-state index in [9.17, 15) is 10.1 Å². The van der Waals surface area contributed by atoms with Gasteiger partial charge in [0.25, 0.3) is 5.69 Å². The fraction of sp³-hybridized carbons (Fsp3) is 0.111. The summed E-state index contributed by atoms with van der Waals surface area (Å²) in [6, 6.07) is 3.05. The van der Waals surface area contributed by atoms with Crippen LogP contribution in [-0.2, 0) is 0 Å². The normalized spacial score (nSPS) is 8.53. The molecule has 0 fully saturated rings. The maximum absolute atomic E-state index is 10.4. The number of pyridine rings is 1. The summed E-state index contributed by atoms with van der Waals surface area (Å²) in [5.74, 6) is 5.04. The summed E-state index contributed by atoms with van der Waals surface area (Å²) in [5.41, 5.74) is 0.0711. The summed E-state index contributed by atoms with van der Waals surface area (Å²) in [4.78, 5) is 13.4. The van der Waals surface area contributed by atoms with Gasteiger partial charge in [0.1, 0.15) is 11.3 Å². The molecule has 0 unspecified atom stereocenters. The van der Waals surface area contributed by atoms with Gasteiger partial charge in [0.15, 0.2) is 0 Å². The Morgan fingerprint density at radius 3 is 3.00 bits per heavy atom. The molecule has 1 heterocycles. The molecule has 5 nitrogen and oxygen atoms in total. The molecular weight excluding hydrogens is 218 g/mol. The number of nitriles is 1. The Labute approximate surface area is 90.5 Å². The van der Waals surface area contributed by atoms with Crippen LogP contribution in [0.5, 0.6) is 0 Å². The zero-order valence-corrected chi connectivity index (χ0v) is 8.15. The third-order valence-electron chi connectivity index (χ3n) is 1.43. The second kappa shape index (κ2) is 4.94. The Morgan fingerprint density at radius 2 is 2.40 bits per heavy atom. The van der Waals surface area contributed by atoms with Crippen molar-refractivity contribution in [3.63, 3.8) is 0 Å². The third kappa shape index (κ3) is 2.94. The lowest BCUT2D eigenvalue weighted by Gasteiger charge is -1.94. The highest BCUT2D eigenvalue weighted by atomic mass is 35.5. The molecule has 0 bridgehead atoms. The van der Waals surface area contributed by atoms with Crippen molar-refractivity contribution in [2.45, 2.75) is 6.42 Å². The zero-order chi connectivity index (χ0) is 11.3. The third-order valence-corrected chi connectivity index (χ3v) is 1.73. The SMILES string of the molecule is N#CCC#Cc1cc([N+](=O)[O-])cnc1Cl. The molecule has 0 N–H and O–H groups in total. The van der Waals surface area contributed by atoms with Crippen molar-refractivity contribution in [3.8, 4) is 17.9 Å². The van der Waals surface area contributed by atoms with Gasteiger partial charge in [0.05, 0.1) is 23.0 Å². The van der Waals surface area contributed by atoms with Gasteiger partial charge in [0.2, 0.25) is 0 Å². The number of hydrogen-bond acceptors (Lipinski definition) is 4. The number of rotatable bonds is 1. The highest BCUT2D eigenvalue weighted by Gasteiger charge is 2.09. The van der Waals surface area contributed by atoms with Gasteiger partial charge in [-0.3, -0.25) is 10.1 Å². The van der Waals surface area contributed by atoms with Gasteiger partial charge in [-0.25, -0.2) is 4.98 Å². The Kier molecular flexibility index (Phi) is 3.61. The van der Waals surface area contributed by atoms with Crippen LogP contribution >= 0.6 is 11.6 Å². The van der Waals surface area contributed by atoms with E-state index in [2.05, 4.69) is 16.8 Å². The molecule has 74 valence electrons. The lowest BCUT2D eigenvalue weighted by Crippen LogP contribution is -1.91. The molecule has 0 radical (unpaired) electrons. The van der Waals surface area contributed by atoms with Crippen molar-refractivity contribution in [2.75, 3.05) is 0 Å². The summed E-state index contributed by atoms with van der Waals surface area (Å²) in [6.45, 7) is 0. The monoisotopic (exact) mass is 221 g/mol. The van der Waals surface area contributed by atoms with E-state index in [-0.39, 0.29) is 22.8 Å². The van der Waals surface area contributed by atoms with E-state index in [4.69, 9.17) is 16.9 Å². The minimum Gasteiger partial charge on any atom is -0.258 e. The lowest BCUT2D eigenvalue weighted by molar-refractivity contribution is -0.385. The molecule has 0 aromatic carbocycles. The van der Waals surface area contributed by atoms with Crippen molar-refractivity contribution in [3.05, 3.63) is 33.1 Å². The van der Waals surface area contributed by atoms with Crippen LogP contribution in [0.15, 0.2) is 12.3 Å². The van der Waals surface area contributed by atoms with Crippen LogP contribution in [0.25, 0.3) is 0 Å². The van der Waals surface area contributed by atoms with Gasteiger partial charge in [-0.1, -0.05) is 23.4 Å². The first kappa shape index (κ1) is 11.0. The van der Waals surface area contributed by atoms with Crippen LogP contribution in [0.3, 0.4) is 0 Å². The molecular formula is C9H4ClN3O2. The molecule has 0 aliphatic heterocycles. The van der Waals surface area contributed by atoms with E-state index < -0.39 is 4.92 Å². The number of aromatic nitrogens is 1. The van der Waals surface area contributed by atoms with Crippen molar-refractivity contribution in [1.82, 2.24) is 4.98 Å². The van der Waals surface area contributed by atoms with Crippen LogP contribution in [0.1, 0.15) is 12.0 Å². The quantitative estimate of drug-likeness (QED) is 0.314. The lowest BCUT2D eigenvalue weighted by atomic mass is 10.2. The number of hydrogen-bond donors (Lipinski definition) is 0. The van der Waals surface area contributed by atoms with Crippen LogP contribution in [0, 0.1) is 33.3 Å². The van der Waals surface area contributed by atoms with Crippen molar-refractivity contribution in [2.24, 2.45) is 0 Å². The molecule has 6 heteroatoms. The molecule has 0 saturated heterocycles. The maximum Gasteiger partial charge on any atom is 0.288 e. The van der Waals surface area contributed by atoms with Gasteiger partial charge < -0.3 is 0 Å².